The van der Waals surface area contributed by atoms with Crippen molar-refractivity contribution in [2.24, 2.45) is 11.3 Å². The van der Waals surface area contributed by atoms with Crippen LogP contribution >= 0.6 is 0 Å². The van der Waals surface area contributed by atoms with Gasteiger partial charge >= 0.3 is 0 Å². The fraction of sp³-hybridized carbons (Fsp3) is 0.762. The van der Waals surface area contributed by atoms with Crippen LogP contribution in [-0.2, 0) is 14.3 Å². The van der Waals surface area contributed by atoms with Gasteiger partial charge in [-0.15, -0.1) is 0 Å². The maximum Gasteiger partial charge on any atom is 0.244 e. The largest absolute Gasteiger partial charge is 0.497 e. The highest BCUT2D eigenvalue weighted by Gasteiger charge is 2.29. The lowest BCUT2D eigenvalue weighted by Gasteiger charge is -2.30. The molecule has 0 radical (unpaired) electrons. The van der Waals surface area contributed by atoms with Crippen molar-refractivity contribution in [3.8, 4) is 0 Å². The molecule has 1 aliphatic heterocycles. The average Bonchev–Trinajstić information content (AvgIpc) is 2.56. The predicted molar refractivity (Wildman–Crippen MR) is 107 cm³/mol. The molecule has 0 spiro atoms. The van der Waals surface area contributed by atoms with Gasteiger partial charge in [0.2, 0.25) is 5.91 Å². The average molecular weight is 367 g/mol. The number of allylic oxidation sites excluding steroid dienone is 2. The maximum atomic E-state index is 12.7. The van der Waals surface area contributed by atoms with Crippen LogP contribution in [0.3, 0.4) is 0 Å². The Bertz CT molecular complexity index is 498. The van der Waals surface area contributed by atoms with Crippen molar-refractivity contribution in [1.82, 2.24) is 10.6 Å². The van der Waals surface area contributed by atoms with Gasteiger partial charge in [0.1, 0.15) is 5.76 Å². The molecule has 1 saturated heterocycles. The number of carbonyl (C=O) groups excluding carboxylic acids is 1. The Labute approximate surface area is 159 Å². The smallest absolute Gasteiger partial charge is 0.244 e. The summed E-state index contributed by atoms with van der Waals surface area (Å²) in [5.41, 5.74) is -0.252. The molecule has 0 aliphatic carbocycles. The van der Waals surface area contributed by atoms with Crippen molar-refractivity contribution >= 4 is 5.91 Å². The van der Waals surface area contributed by atoms with E-state index in [-0.39, 0.29) is 11.3 Å². The van der Waals surface area contributed by atoms with Crippen LogP contribution in [0.1, 0.15) is 60.8 Å². The molecule has 0 atom stereocenters. The molecule has 5 heteroatoms. The number of amides is 1. The first-order valence-electron chi connectivity index (χ1n) is 9.74. The van der Waals surface area contributed by atoms with Crippen LogP contribution in [0.15, 0.2) is 24.1 Å². The molecule has 0 unspecified atom stereocenters. The van der Waals surface area contributed by atoms with E-state index in [9.17, 15) is 4.79 Å². The van der Waals surface area contributed by atoms with E-state index in [2.05, 4.69) is 44.9 Å². The Morgan fingerprint density at radius 3 is 2.38 bits per heavy atom. The van der Waals surface area contributed by atoms with Crippen LogP contribution < -0.4 is 10.6 Å². The zero-order valence-electron chi connectivity index (χ0n) is 17.5. The molecule has 0 aromatic rings. The molecule has 0 aromatic heterocycles. The molecule has 1 heterocycles. The van der Waals surface area contributed by atoms with E-state index < -0.39 is 5.54 Å². The summed E-state index contributed by atoms with van der Waals surface area (Å²) in [5.74, 6) is 1.31. The molecule has 1 aliphatic rings. The summed E-state index contributed by atoms with van der Waals surface area (Å²) in [6.45, 7) is 19.2. The summed E-state index contributed by atoms with van der Waals surface area (Å²) >= 11 is 0. The third-order valence-electron chi connectivity index (χ3n) is 4.52. The third kappa shape index (κ3) is 7.92. The highest BCUT2D eigenvalue weighted by Crippen LogP contribution is 2.27. The monoisotopic (exact) mass is 366 g/mol. The van der Waals surface area contributed by atoms with Gasteiger partial charge in [-0.2, -0.15) is 0 Å². The number of hydrogen-bond donors (Lipinski definition) is 2. The minimum atomic E-state index is -0.665. The van der Waals surface area contributed by atoms with Gasteiger partial charge < -0.3 is 20.1 Å². The van der Waals surface area contributed by atoms with Crippen LogP contribution in [0.4, 0.5) is 0 Å². The minimum absolute atomic E-state index is 0.0884. The van der Waals surface area contributed by atoms with Crippen molar-refractivity contribution in [1.29, 1.82) is 0 Å². The van der Waals surface area contributed by atoms with Crippen molar-refractivity contribution in [2.45, 2.75) is 66.3 Å². The zero-order valence-corrected chi connectivity index (χ0v) is 17.5. The molecule has 1 rings (SSSR count). The second-order valence-corrected chi connectivity index (χ2v) is 8.65. The van der Waals surface area contributed by atoms with Gasteiger partial charge in [0, 0.05) is 24.3 Å². The quantitative estimate of drug-likeness (QED) is 0.482. The number of hydrogen-bond acceptors (Lipinski definition) is 4. The Balaban J connectivity index is 2.61. The molecule has 0 bridgehead atoms. The Hall–Kier alpha value is -1.33. The van der Waals surface area contributed by atoms with Crippen LogP contribution in [0, 0.1) is 11.3 Å². The summed E-state index contributed by atoms with van der Waals surface area (Å²) < 4.78 is 11.2. The fourth-order valence-electron chi connectivity index (χ4n) is 2.61. The SMILES string of the molecule is C=C(/C=C(\OCCC)C(C)(C)C)NC(=O)C(C)(C)NCC1CCOCC1. The highest BCUT2D eigenvalue weighted by molar-refractivity contribution is 5.87. The minimum Gasteiger partial charge on any atom is -0.497 e. The predicted octanol–water partition coefficient (Wildman–Crippen LogP) is 3.77. The summed E-state index contributed by atoms with van der Waals surface area (Å²) in [6, 6.07) is 0. The number of ether oxygens (including phenoxy) is 2. The van der Waals surface area contributed by atoms with E-state index in [0.29, 0.717) is 18.2 Å². The molecule has 0 saturated carbocycles. The van der Waals surface area contributed by atoms with E-state index in [1.165, 1.54) is 0 Å². The highest BCUT2D eigenvalue weighted by atomic mass is 16.5. The van der Waals surface area contributed by atoms with E-state index in [0.717, 1.165) is 44.8 Å². The zero-order chi connectivity index (χ0) is 19.8. The lowest BCUT2D eigenvalue weighted by molar-refractivity contribution is -0.125. The third-order valence-corrected chi connectivity index (χ3v) is 4.52. The summed E-state index contributed by atoms with van der Waals surface area (Å²) in [5, 5.41) is 6.30. The van der Waals surface area contributed by atoms with Gasteiger partial charge in [-0.05, 0) is 51.6 Å². The van der Waals surface area contributed by atoms with E-state index in [4.69, 9.17) is 9.47 Å². The van der Waals surface area contributed by atoms with Gasteiger partial charge in [0.05, 0.1) is 12.1 Å². The number of nitrogens with one attached hydrogen (secondary N) is 2. The summed E-state index contributed by atoms with van der Waals surface area (Å²) in [7, 11) is 0. The van der Waals surface area contributed by atoms with Crippen LogP contribution in [-0.4, -0.2) is 37.8 Å². The van der Waals surface area contributed by atoms with E-state index >= 15 is 0 Å². The standard InChI is InChI=1S/C21H38N2O3/c1-8-11-26-18(20(3,4)5)14-16(2)23-19(24)21(6,7)22-15-17-9-12-25-13-10-17/h14,17,22H,2,8-13,15H2,1,3-7H3,(H,23,24)/b18-14-. The van der Waals surface area contributed by atoms with Gasteiger partial charge in [-0.1, -0.05) is 34.3 Å². The van der Waals surface area contributed by atoms with Crippen LogP contribution in [0.2, 0.25) is 0 Å². The first kappa shape index (κ1) is 22.7. The lowest BCUT2D eigenvalue weighted by Crippen LogP contribution is -2.53. The van der Waals surface area contributed by atoms with Crippen LogP contribution in [0.25, 0.3) is 0 Å². The molecular formula is C21H38N2O3. The van der Waals surface area contributed by atoms with E-state index in [1.807, 2.05) is 19.9 Å². The number of carbonyl (C=O) groups is 1. The first-order valence-corrected chi connectivity index (χ1v) is 9.74. The molecule has 2 N–H and O–H groups in total. The van der Waals surface area contributed by atoms with Gasteiger partial charge in [0.15, 0.2) is 0 Å². The molecular weight excluding hydrogens is 328 g/mol. The molecule has 5 nitrogen and oxygen atoms in total. The summed E-state index contributed by atoms with van der Waals surface area (Å²) in [6.07, 6.45) is 4.87. The lowest BCUT2D eigenvalue weighted by atomic mass is 9.93. The van der Waals surface area contributed by atoms with E-state index in [1.54, 1.807) is 0 Å². The second-order valence-electron chi connectivity index (χ2n) is 8.65. The molecule has 1 fully saturated rings. The topological polar surface area (TPSA) is 59.6 Å². The van der Waals surface area contributed by atoms with Crippen molar-refractivity contribution in [3.63, 3.8) is 0 Å². The Morgan fingerprint density at radius 1 is 1.23 bits per heavy atom. The second kappa shape index (κ2) is 10.1. The first-order chi connectivity index (χ1) is 12.1. The van der Waals surface area contributed by atoms with Crippen molar-refractivity contribution in [2.75, 3.05) is 26.4 Å². The summed E-state index contributed by atoms with van der Waals surface area (Å²) in [4.78, 5) is 12.7. The number of rotatable bonds is 9. The molecule has 0 aromatic carbocycles. The van der Waals surface area contributed by atoms with Gasteiger partial charge in [-0.3, -0.25) is 4.79 Å². The van der Waals surface area contributed by atoms with Gasteiger partial charge in [0.25, 0.3) is 0 Å². The van der Waals surface area contributed by atoms with Crippen molar-refractivity contribution < 1.29 is 14.3 Å². The Morgan fingerprint density at radius 2 is 1.85 bits per heavy atom. The molecule has 1 amide bonds. The van der Waals surface area contributed by atoms with Gasteiger partial charge in [-0.25, -0.2) is 0 Å². The normalized spacial score (nSPS) is 17.1. The fourth-order valence-corrected chi connectivity index (χ4v) is 2.61. The van der Waals surface area contributed by atoms with Crippen LogP contribution in [0.5, 0.6) is 0 Å². The van der Waals surface area contributed by atoms with Crippen molar-refractivity contribution in [3.05, 3.63) is 24.1 Å². The Kier molecular flexibility index (Phi) is 8.84. The molecule has 150 valence electrons. The molecule has 26 heavy (non-hydrogen) atoms. The maximum absolute atomic E-state index is 12.7.